The van der Waals surface area contributed by atoms with Gasteiger partial charge in [-0.3, -0.25) is 4.79 Å². The van der Waals surface area contributed by atoms with Gasteiger partial charge in [0, 0.05) is 11.9 Å². The molecule has 0 saturated carbocycles. The topological polar surface area (TPSA) is 70.5 Å². The first-order chi connectivity index (χ1) is 8.49. The molecule has 1 aromatic rings. The van der Waals surface area contributed by atoms with Crippen LogP contribution < -0.4 is 0 Å². The molecule has 1 saturated heterocycles. The summed E-state index contributed by atoms with van der Waals surface area (Å²) in [5, 5.41) is 11.9. The zero-order valence-electron chi connectivity index (χ0n) is 10.4. The molecule has 1 aliphatic rings. The quantitative estimate of drug-likeness (QED) is 0.897. The lowest BCUT2D eigenvalue weighted by molar-refractivity contribution is -0.149. The van der Waals surface area contributed by atoms with Crippen molar-refractivity contribution < 1.29 is 14.7 Å². The van der Waals surface area contributed by atoms with Gasteiger partial charge in [-0.05, 0) is 19.3 Å². The number of hydrogen-bond donors (Lipinski definition) is 1. The molecular formula is C12H16N2O3S. The Morgan fingerprint density at radius 1 is 1.61 bits per heavy atom. The number of carboxylic acid groups (broad SMARTS) is 1. The number of rotatable bonds is 3. The van der Waals surface area contributed by atoms with Crippen LogP contribution in [-0.2, 0) is 16.0 Å². The van der Waals surface area contributed by atoms with Crippen LogP contribution in [0.1, 0.15) is 24.0 Å². The first-order valence-electron chi connectivity index (χ1n) is 5.92. The Labute approximate surface area is 109 Å². The second kappa shape index (κ2) is 5.06. The SMILES string of the molecule is Cc1nc(CC(=O)N2CCC(C)C2C(=O)O)cs1. The van der Waals surface area contributed by atoms with Crippen LogP contribution in [0, 0.1) is 12.8 Å². The van der Waals surface area contributed by atoms with Crippen molar-refractivity contribution in [2.75, 3.05) is 6.54 Å². The number of amides is 1. The molecule has 0 aliphatic carbocycles. The number of likely N-dealkylation sites (tertiary alicyclic amines) is 1. The lowest BCUT2D eigenvalue weighted by Crippen LogP contribution is -2.43. The minimum atomic E-state index is -0.914. The van der Waals surface area contributed by atoms with E-state index in [4.69, 9.17) is 5.11 Å². The number of nitrogens with zero attached hydrogens (tertiary/aromatic N) is 2. The molecular weight excluding hydrogens is 252 g/mol. The van der Waals surface area contributed by atoms with E-state index in [2.05, 4.69) is 4.98 Å². The van der Waals surface area contributed by atoms with Crippen molar-refractivity contribution in [2.45, 2.75) is 32.7 Å². The van der Waals surface area contributed by atoms with Crippen molar-refractivity contribution >= 4 is 23.2 Å². The molecule has 2 atom stereocenters. The van der Waals surface area contributed by atoms with E-state index >= 15 is 0 Å². The third-order valence-electron chi connectivity index (χ3n) is 3.27. The van der Waals surface area contributed by atoms with Crippen LogP contribution in [0.4, 0.5) is 0 Å². The molecule has 1 amide bonds. The molecule has 2 unspecified atom stereocenters. The molecule has 98 valence electrons. The van der Waals surface area contributed by atoms with Gasteiger partial charge in [0.05, 0.1) is 17.1 Å². The van der Waals surface area contributed by atoms with Gasteiger partial charge in [-0.25, -0.2) is 9.78 Å². The van der Waals surface area contributed by atoms with Gasteiger partial charge < -0.3 is 10.0 Å². The highest BCUT2D eigenvalue weighted by Gasteiger charge is 2.39. The Kier molecular flexibility index (Phi) is 3.65. The van der Waals surface area contributed by atoms with E-state index in [1.807, 2.05) is 19.2 Å². The van der Waals surface area contributed by atoms with E-state index < -0.39 is 12.0 Å². The molecule has 1 aromatic heterocycles. The lowest BCUT2D eigenvalue weighted by atomic mass is 10.0. The molecule has 0 spiro atoms. The summed E-state index contributed by atoms with van der Waals surface area (Å²) in [6, 6.07) is -0.683. The van der Waals surface area contributed by atoms with Gasteiger partial charge in [0.15, 0.2) is 0 Å². The standard InChI is InChI=1S/C12H16N2O3S/c1-7-3-4-14(11(7)12(16)17)10(15)5-9-6-18-8(2)13-9/h6-7,11H,3-5H2,1-2H3,(H,16,17). The fraction of sp³-hybridized carbons (Fsp3) is 0.583. The maximum Gasteiger partial charge on any atom is 0.326 e. The summed E-state index contributed by atoms with van der Waals surface area (Å²) in [5.74, 6) is -1.04. The zero-order chi connectivity index (χ0) is 13.3. The fourth-order valence-corrected chi connectivity index (χ4v) is 2.96. The molecule has 5 nitrogen and oxygen atoms in total. The molecule has 1 fully saturated rings. The number of carboxylic acids is 1. The monoisotopic (exact) mass is 268 g/mol. The van der Waals surface area contributed by atoms with Crippen molar-refractivity contribution in [1.29, 1.82) is 0 Å². The molecule has 6 heteroatoms. The highest BCUT2D eigenvalue weighted by atomic mass is 32.1. The highest BCUT2D eigenvalue weighted by Crippen LogP contribution is 2.25. The van der Waals surface area contributed by atoms with E-state index in [1.165, 1.54) is 16.2 Å². The number of thiazole rings is 1. The predicted octanol–water partition coefficient (Wildman–Crippen LogP) is 1.32. The van der Waals surface area contributed by atoms with E-state index in [0.717, 1.165) is 17.1 Å². The molecule has 0 bridgehead atoms. The van der Waals surface area contributed by atoms with Crippen LogP contribution in [0.3, 0.4) is 0 Å². The minimum absolute atomic E-state index is 0.0172. The molecule has 18 heavy (non-hydrogen) atoms. The number of aromatic nitrogens is 1. The lowest BCUT2D eigenvalue weighted by Gasteiger charge is -2.23. The second-order valence-electron chi connectivity index (χ2n) is 4.67. The molecule has 2 heterocycles. The van der Waals surface area contributed by atoms with Crippen LogP contribution >= 0.6 is 11.3 Å². The maximum absolute atomic E-state index is 12.1. The van der Waals surface area contributed by atoms with Gasteiger partial charge >= 0.3 is 5.97 Å². The van der Waals surface area contributed by atoms with Gasteiger partial charge in [0.1, 0.15) is 6.04 Å². The second-order valence-corrected chi connectivity index (χ2v) is 5.73. The third kappa shape index (κ3) is 2.53. The molecule has 1 aliphatic heterocycles. The third-order valence-corrected chi connectivity index (χ3v) is 4.09. The van der Waals surface area contributed by atoms with Gasteiger partial charge in [0.25, 0.3) is 0 Å². The predicted molar refractivity (Wildman–Crippen MR) is 67.5 cm³/mol. The first kappa shape index (κ1) is 13.0. The van der Waals surface area contributed by atoms with Gasteiger partial charge in [-0.1, -0.05) is 6.92 Å². The number of carbonyl (C=O) groups is 2. The van der Waals surface area contributed by atoms with Gasteiger partial charge in [-0.15, -0.1) is 11.3 Å². The Hall–Kier alpha value is -1.43. The minimum Gasteiger partial charge on any atom is -0.480 e. The Bertz CT molecular complexity index is 472. The molecule has 0 radical (unpaired) electrons. The Morgan fingerprint density at radius 3 is 2.89 bits per heavy atom. The normalized spacial score (nSPS) is 23.3. The van der Waals surface area contributed by atoms with Crippen molar-refractivity contribution in [3.8, 4) is 0 Å². The molecule has 2 rings (SSSR count). The highest BCUT2D eigenvalue weighted by molar-refractivity contribution is 7.09. The first-order valence-corrected chi connectivity index (χ1v) is 6.80. The Balaban J connectivity index is 2.07. The van der Waals surface area contributed by atoms with Crippen molar-refractivity contribution in [1.82, 2.24) is 9.88 Å². The van der Waals surface area contributed by atoms with E-state index in [1.54, 1.807) is 0 Å². The maximum atomic E-state index is 12.1. The fourth-order valence-electron chi connectivity index (χ4n) is 2.35. The number of hydrogen-bond acceptors (Lipinski definition) is 4. The number of aryl methyl sites for hydroxylation is 1. The summed E-state index contributed by atoms with van der Waals surface area (Å²) in [6.07, 6.45) is 0.944. The van der Waals surface area contributed by atoms with Crippen LogP contribution in [0.25, 0.3) is 0 Å². The van der Waals surface area contributed by atoms with E-state index in [-0.39, 0.29) is 18.2 Å². The zero-order valence-corrected chi connectivity index (χ0v) is 11.2. The van der Waals surface area contributed by atoms with Gasteiger partial charge in [-0.2, -0.15) is 0 Å². The van der Waals surface area contributed by atoms with E-state index in [9.17, 15) is 9.59 Å². The largest absolute Gasteiger partial charge is 0.480 e. The van der Waals surface area contributed by atoms with Crippen LogP contribution in [0.15, 0.2) is 5.38 Å². The summed E-state index contributed by atoms with van der Waals surface area (Å²) in [6.45, 7) is 4.29. The van der Waals surface area contributed by atoms with Crippen LogP contribution in [-0.4, -0.2) is 39.5 Å². The average Bonchev–Trinajstić information content (AvgIpc) is 2.84. The van der Waals surface area contributed by atoms with Crippen molar-refractivity contribution in [3.63, 3.8) is 0 Å². The number of carbonyl (C=O) groups excluding carboxylic acids is 1. The van der Waals surface area contributed by atoms with Crippen LogP contribution in [0.2, 0.25) is 0 Å². The summed E-state index contributed by atoms with van der Waals surface area (Å²) < 4.78 is 0. The van der Waals surface area contributed by atoms with Crippen molar-refractivity contribution in [3.05, 3.63) is 16.1 Å². The summed E-state index contributed by atoms with van der Waals surface area (Å²) in [4.78, 5) is 29.0. The summed E-state index contributed by atoms with van der Waals surface area (Å²) >= 11 is 1.50. The Morgan fingerprint density at radius 2 is 2.33 bits per heavy atom. The van der Waals surface area contributed by atoms with E-state index in [0.29, 0.717) is 6.54 Å². The van der Waals surface area contributed by atoms with Gasteiger partial charge in [0.2, 0.25) is 5.91 Å². The van der Waals surface area contributed by atoms with Crippen LogP contribution in [0.5, 0.6) is 0 Å². The summed E-state index contributed by atoms with van der Waals surface area (Å²) in [5.41, 5.74) is 0.728. The molecule has 0 aromatic carbocycles. The average molecular weight is 268 g/mol. The number of aliphatic carboxylic acids is 1. The van der Waals surface area contributed by atoms with Crippen molar-refractivity contribution in [2.24, 2.45) is 5.92 Å². The smallest absolute Gasteiger partial charge is 0.326 e. The summed E-state index contributed by atoms with van der Waals surface area (Å²) in [7, 11) is 0. The molecule has 1 N–H and O–H groups in total.